The number of H-pyrrole nitrogens is 1. The van der Waals surface area contributed by atoms with Crippen molar-refractivity contribution in [3.05, 3.63) is 41.0 Å². The van der Waals surface area contributed by atoms with Gasteiger partial charge in [0.1, 0.15) is 35.8 Å². The first-order valence-electron chi connectivity index (χ1n) is 8.49. The van der Waals surface area contributed by atoms with E-state index in [2.05, 4.69) is 53.9 Å². The number of aromatic amines is 1. The molecule has 0 aliphatic heterocycles. The van der Waals surface area contributed by atoms with Gasteiger partial charge < -0.3 is 4.90 Å². The van der Waals surface area contributed by atoms with Gasteiger partial charge in [-0.15, -0.1) is 0 Å². The average Bonchev–Trinajstić information content (AvgIpc) is 2.93. The summed E-state index contributed by atoms with van der Waals surface area (Å²) in [5.41, 5.74) is 6.01. The third-order valence-electron chi connectivity index (χ3n) is 4.58. The van der Waals surface area contributed by atoms with Crippen molar-refractivity contribution in [1.29, 1.82) is 5.26 Å². The summed E-state index contributed by atoms with van der Waals surface area (Å²) in [6.07, 6.45) is 0.889. The molecule has 0 unspecified atom stereocenters. The van der Waals surface area contributed by atoms with Crippen LogP contribution in [0.15, 0.2) is 24.3 Å². The number of imidazole rings is 1. The molecule has 2 aromatic heterocycles. The fourth-order valence-corrected chi connectivity index (χ4v) is 3.31. The molecule has 0 aliphatic rings. The van der Waals surface area contributed by atoms with Crippen LogP contribution in [0.4, 0.5) is 5.82 Å². The Kier molecular flexibility index (Phi) is 4.41. The van der Waals surface area contributed by atoms with Crippen LogP contribution in [0, 0.1) is 18.3 Å². The zero-order chi connectivity index (χ0) is 17.3. The molecule has 0 radical (unpaired) electrons. The summed E-state index contributed by atoms with van der Waals surface area (Å²) in [7, 11) is 4.31. The summed E-state index contributed by atoms with van der Waals surface area (Å²) in [6.45, 7) is 6.12. The number of likely N-dealkylation sites (N-methyl/N-ethyl adjacent to an activating group) is 1. The van der Waals surface area contributed by atoms with Gasteiger partial charge in [0.05, 0.1) is 14.1 Å². The van der Waals surface area contributed by atoms with Crippen molar-refractivity contribution in [3.63, 3.8) is 0 Å². The van der Waals surface area contributed by atoms with Gasteiger partial charge in [-0.1, -0.05) is 19.1 Å². The van der Waals surface area contributed by atoms with Crippen molar-refractivity contribution in [2.24, 2.45) is 0 Å². The number of quaternary nitrogens is 1. The van der Waals surface area contributed by atoms with Crippen molar-refractivity contribution in [3.8, 4) is 6.07 Å². The molecule has 0 saturated heterocycles. The van der Waals surface area contributed by atoms with Crippen molar-refractivity contribution < 1.29 is 9.30 Å². The molecule has 124 valence electrons. The molecule has 0 bridgehead atoms. The van der Waals surface area contributed by atoms with Gasteiger partial charge in [0.2, 0.25) is 11.5 Å². The number of pyridine rings is 1. The van der Waals surface area contributed by atoms with Crippen LogP contribution in [0.3, 0.4) is 0 Å². The zero-order valence-corrected chi connectivity index (χ0v) is 14.8. The van der Waals surface area contributed by atoms with E-state index in [1.165, 1.54) is 10.5 Å². The molecule has 0 saturated carbocycles. The summed E-state index contributed by atoms with van der Waals surface area (Å²) in [5.74, 6) is 1.10. The molecule has 5 nitrogen and oxygen atoms in total. The first-order valence-corrected chi connectivity index (χ1v) is 8.49. The number of para-hydroxylation sites is 2. The van der Waals surface area contributed by atoms with E-state index in [-0.39, 0.29) is 0 Å². The second-order valence-corrected chi connectivity index (χ2v) is 6.50. The first-order chi connectivity index (χ1) is 11.6. The highest BCUT2D eigenvalue weighted by Gasteiger charge is 2.24. The topological polar surface area (TPSA) is 60.1 Å². The van der Waals surface area contributed by atoms with E-state index in [1.54, 1.807) is 0 Å². The fraction of sp³-hybridized carbons (Fsp3) is 0.368. The molecule has 3 N–H and O–H groups in total. The molecule has 1 aromatic carbocycles. The Morgan fingerprint density at radius 2 is 2.04 bits per heavy atom. The molecule has 5 heteroatoms. The van der Waals surface area contributed by atoms with Crippen LogP contribution in [0.1, 0.15) is 23.6 Å². The number of fused-ring (bicyclic) bond motifs is 3. The van der Waals surface area contributed by atoms with E-state index < -0.39 is 0 Å². The second kappa shape index (κ2) is 6.50. The lowest BCUT2D eigenvalue weighted by Crippen LogP contribution is -3.06. The van der Waals surface area contributed by atoms with Crippen LogP contribution in [0.2, 0.25) is 0 Å². The number of nitrogens with zero attached hydrogens (tertiary/aromatic N) is 2. The Labute approximate surface area is 142 Å². The van der Waals surface area contributed by atoms with E-state index in [0.717, 1.165) is 53.1 Å². The number of benzene rings is 1. The minimum Gasteiger partial charge on any atom is -0.337 e. The Balaban J connectivity index is 2.32. The number of nitriles is 1. The highest BCUT2D eigenvalue weighted by atomic mass is 15.1. The third kappa shape index (κ3) is 2.59. The van der Waals surface area contributed by atoms with Gasteiger partial charge in [0.25, 0.3) is 0 Å². The van der Waals surface area contributed by atoms with Gasteiger partial charge in [-0.25, -0.2) is 0 Å². The van der Waals surface area contributed by atoms with Crippen molar-refractivity contribution in [1.82, 2.24) is 4.98 Å². The molecule has 24 heavy (non-hydrogen) atoms. The SMILES string of the molecule is CCc1c(C)c(C#N)c2[nH]c3ccccc3[n+]2c1NCC[NH+](C)C. The molecule has 0 fully saturated rings. The quantitative estimate of drug-likeness (QED) is 0.618. The van der Waals surface area contributed by atoms with E-state index in [0.29, 0.717) is 0 Å². The minimum absolute atomic E-state index is 0.729. The molecule has 0 atom stereocenters. The van der Waals surface area contributed by atoms with Gasteiger partial charge in [-0.05, 0) is 31.0 Å². The molecule has 2 heterocycles. The molecular formula is C19H25N5+2. The van der Waals surface area contributed by atoms with Gasteiger partial charge in [0.15, 0.2) is 0 Å². The number of hydrogen-bond donors (Lipinski definition) is 3. The van der Waals surface area contributed by atoms with Crippen molar-refractivity contribution in [2.75, 3.05) is 32.5 Å². The molecular weight excluding hydrogens is 298 g/mol. The number of rotatable bonds is 5. The van der Waals surface area contributed by atoms with E-state index >= 15 is 0 Å². The Bertz CT molecular complexity index is 930. The van der Waals surface area contributed by atoms with Crippen LogP contribution >= 0.6 is 0 Å². The summed E-state index contributed by atoms with van der Waals surface area (Å²) in [4.78, 5) is 4.83. The average molecular weight is 323 g/mol. The summed E-state index contributed by atoms with van der Waals surface area (Å²) in [5, 5.41) is 13.3. The Hall–Kier alpha value is -2.58. The van der Waals surface area contributed by atoms with Gasteiger partial charge in [-0.3, -0.25) is 10.3 Å². The zero-order valence-electron chi connectivity index (χ0n) is 14.8. The number of nitrogens with one attached hydrogen (secondary N) is 3. The summed E-state index contributed by atoms with van der Waals surface area (Å²) in [6, 6.07) is 10.6. The summed E-state index contributed by atoms with van der Waals surface area (Å²) < 4.78 is 2.17. The smallest absolute Gasteiger partial charge is 0.250 e. The Morgan fingerprint density at radius 3 is 2.71 bits per heavy atom. The standard InChI is InChI=1S/C19H23N5/c1-5-14-13(2)15(12-20)19-22-16-8-6-7-9-17(16)24(19)18(14)21-10-11-23(3)4/h6-9H,5,10-11H2,1-4H3,(H,21,22)/p+2. The largest absolute Gasteiger partial charge is 0.337 e. The predicted molar refractivity (Wildman–Crippen MR) is 96.5 cm³/mol. The highest BCUT2D eigenvalue weighted by molar-refractivity contribution is 5.78. The normalized spacial score (nSPS) is 11.3. The third-order valence-corrected chi connectivity index (χ3v) is 4.58. The lowest BCUT2D eigenvalue weighted by Gasteiger charge is -2.13. The number of anilines is 1. The van der Waals surface area contributed by atoms with Gasteiger partial charge in [0, 0.05) is 5.56 Å². The monoisotopic (exact) mass is 323 g/mol. The fourth-order valence-electron chi connectivity index (χ4n) is 3.31. The van der Waals surface area contributed by atoms with Crippen molar-refractivity contribution in [2.45, 2.75) is 20.3 Å². The maximum Gasteiger partial charge on any atom is 0.250 e. The highest BCUT2D eigenvalue weighted by Crippen LogP contribution is 2.25. The lowest BCUT2D eigenvalue weighted by atomic mass is 10.0. The maximum absolute atomic E-state index is 9.69. The van der Waals surface area contributed by atoms with Gasteiger partial charge in [-0.2, -0.15) is 9.66 Å². The van der Waals surface area contributed by atoms with E-state index in [9.17, 15) is 5.26 Å². The molecule has 3 aromatic rings. The second-order valence-electron chi connectivity index (χ2n) is 6.50. The Morgan fingerprint density at radius 1 is 1.29 bits per heavy atom. The molecule has 3 rings (SSSR count). The van der Waals surface area contributed by atoms with Crippen LogP contribution in [-0.2, 0) is 6.42 Å². The first kappa shape index (κ1) is 16.3. The number of hydrogen-bond acceptors (Lipinski definition) is 2. The van der Waals surface area contributed by atoms with Crippen molar-refractivity contribution >= 4 is 22.5 Å². The van der Waals surface area contributed by atoms with Crippen LogP contribution in [-0.4, -0.2) is 32.2 Å². The molecule has 0 amide bonds. The summed E-state index contributed by atoms with van der Waals surface area (Å²) >= 11 is 0. The maximum atomic E-state index is 9.69. The van der Waals surface area contributed by atoms with Crippen LogP contribution in [0.5, 0.6) is 0 Å². The van der Waals surface area contributed by atoms with Crippen LogP contribution in [0.25, 0.3) is 16.7 Å². The molecule has 0 aliphatic carbocycles. The minimum atomic E-state index is 0.729. The van der Waals surface area contributed by atoms with Crippen LogP contribution < -0.4 is 14.6 Å². The number of aromatic nitrogens is 2. The van der Waals surface area contributed by atoms with Gasteiger partial charge >= 0.3 is 0 Å². The predicted octanol–water partition coefficient (Wildman–Crippen LogP) is 1.21. The lowest BCUT2D eigenvalue weighted by molar-refractivity contribution is -0.856. The molecule has 0 spiro atoms. The van der Waals surface area contributed by atoms with E-state index in [4.69, 9.17) is 0 Å². The van der Waals surface area contributed by atoms with E-state index in [1.807, 2.05) is 19.1 Å².